The lowest BCUT2D eigenvalue weighted by molar-refractivity contribution is -0.137. The van der Waals surface area contributed by atoms with Crippen molar-refractivity contribution in [1.82, 2.24) is 10.6 Å². The zero-order chi connectivity index (χ0) is 15.9. The Morgan fingerprint density at radius 2 is 2.14 bits per heavy atom. The number of benzene rings is 1. The predicted octanol–water partition coefficient (Wildman–Crippen LogP) is 2.63. The lowest BCUT2D eigenvalue weighted by atomic mass is 9.97. The van der Waals surface area contributed by atoms with Gasteiger partial charge in [0, 0.05) is 19.0 Å². The SMILES string of the molecule is O=C(O)CCCNC(=O)NC1CCC(c2cccc(F)c2)C1. The summed E-state index contributed by atoms with van der Waals surface area (Å²) >= 11 is 0. The van der Waals surface area contributed by atoms with Gasteiger partial charge in [0.2, 0.25) is 0 Å². The Kier molecular flexibility index (Phi) is 5.75. The molecule has 0 bridgehead atoms. The highest BCUT2D eigenvalue weighted by Crippen LogP contribution is 2.34. The first-order valence-corrected chi connectivity index (χ1v) is 7.56. The number of carbonyl (C=O) groups excluding carboxylic acids is 1. The van der Waals surface area contributed by atoms with Crippen LogP contribution in [0, 0.1) is 5.82 Å². The number of nitrogens with one attached hydrogen (secondary N) is 2. The summed E-state index contributed by atoms with van der Waals surface area (Å²) < 4.78 is 13.2. The molecule has 1 aliphatic rings. The van der Waals surface area contributed by atoms with Crippen LogP contribution in [0.4, 0.5) is 9.18 Å². The molecule has 3 N–H and O–H groups in total. The fraction of sp³-hybridized carbons (Fsp3) is 0.500. The normalized spacial score (nSPS) is 20.6. The quantitative estimate of drug-likeness (QED) is 0.707. The number of carboxylic acid groups (broad SMARTS) is 1. The van der Waals surface area contributed by atoms with Crippen LogP contribution >= 0.6 is 0 Å². The van der Waals surface area contributed by atoms with Crippen LogP contribution in [-0.4, -0.2) is 29.7 Å². The van der Waals surface area contributed by atoms with E-state index in [1.54, 1.807) is 12.1 Å². The Hall–Kier alpha value is -2.11. The molecule has 0 spiro atoms. The van der Waals surface area contributed by atoms with Crippen molar-refractivity contribution in [3.8, 4) is 0 Å². The van der Waals surface area contributed by atoms with Gasteiger partial charge in [-0.2, -0.15) is 0 Å². The van der Waals surface area contributed by atoms with Crippen LogP contribution in [0.1, 0.15) is 43.6 Å². The smallest absolute Gasteiger partial charge is 0.315 e. The molecule has 1 saturated carbocycles. The average Bonchev–Trinajstić information content (AvgIpc) is 2.92. The minimum Gasteiger partial charge on any atom is -0.481 e. The molecule has 1 fully saturated rings. The summed E-state index contributed by atoms with van der Waals surface area (Å²) in [6, 6.07) is 6.42. The Bertz CT molecular complexity index is 536. The molecule has 2 amide bonds. The second kappa shape index (κ2) is 7.77. The summed E-state index contributed by atoms with van der Waals surface area (Å²) in [4.78, 5) is 22.1. The summed E-state index contributed by atoms with van der Waals surface area (Å²) in [7, 11) is 0. The van der Waals surface area contributed by atoms with Crippen LogP contribution < -0.4 is 10.6 Å². The largest absolute Gasteiger partial charge is 0.481 e. The number of halogens is 1. The second-order valence-electron chi connectivity index (χ2n) is 5.66. The Morgan fingerprint density at radius 1 is 1.32 bits per heavy atom. The first kappa shape index (κ1) is 16.3. The molecule has 2 rings (SSSR count). The van der Waals surface area contributed by atoms with Gasteiger partial charge >= 0.3 is 12.0 Å². The molecular formula is C16H21FN2O3. The molecule has 2 atom stereocenters. The van der Waals surface area contributed by atoms with Crippen molar-refractivity contribution < 1.29 is 19.1 Å². The van der Waals surface area contributed by atoms with Gasteiger partial charge in [0.05, 0.1) is 0 Å². The van der Waals surface area contributed by atoms with Gasteiger partial charge in [0.15, 0.2) is 0 Å². The fourth-order valence-electron chi connectivity index (χ4n) is 2.85. The molecule has 120 valence electrons. The zero-order valence-corrected chi connectivity index (χ0v) is 12.3. The van der Waals surface area contributed by atoms with E-state index in [9.17, 15) is 14.0 Å². The third-order valence-electron chi connectivity index (χ3n) is 3.94. The molecule has 6 heteroatoms. The zero-order valence-electron chi connectivity index (χ0n) is 12.3. The summed E-state index contributed by atoms with van der Waals surface area (Å²) in [5.74, 6) is -0.825. The van der Waals surface area contributed by atoms with E-state index in [1.807, 2.05) is 6.07 Å². The topological polar surface area (TPSA) is 78.4 Å². The first-order valence-electron chi connectivity index (χ1n) is 7.56. The van der Waals surface area contributed by atoms with Gasteiger partial charge in [0.1, 0.15) is 5.82 Å². The van der Waals surface area contributed by atoms with Gasteiger partial charge in [-0.3, -0.25) is 4.79 Å². The summed E-state index contributed by atoms with van der Waals surface area (Å²) in [6.45, 7) is 0.345. The standard InChI is InChI=1S/C16H21FN2O3/c17-13-4-1-3-11(9-13)12-6-7-14(10-12)19-16(22)18-8-2-5-15(20)21/h1,3-4,9,12,14H,2,5-8,10H2,(H,20,21)(H2,18,19,22). The van der Waals surface area contributed by atoms with Crippen LogP contribution in [0.3, 0.4) is 0 Å². The van der Waals surface area contributed by atoms with Crippen LogP contribution in [0.15, 0.2) is 24.3 Å². The number of urea groups is 1. The summed E-state index contributed by atoms with van der Waals surface area (Å²) in [5.41, 5.74) is 0.978. The van der Waals surface area contributed by atoms with Crippen molar-refractivity contribution in [2.75, 3.05) is 6.54 Å². The maximum absolute atomic E-state index is 13.2. The van der Waals surface area contributed by atoms with E-state index in [0.717, 1.165) is 24.8 Å². The van der Waals surface area contributed by atoms with Gasteiger partial charge in [-0.05, 0) is 49.3 Å². The van der Waals surface area contributed by atoms with E-state index < -0.39 is 5.97 Å². The van der Waals surface area contributed by atoms with Gasteiger partial charge < -0.3 is 15.7 Å². The molecule has 2 unspecified atom stereocenters. The lowest BCUT2D eigenvalue weighted by Gasteiger charge is -2.14. The number of carbonyl (C=O) groups is 2. The molecular weight excluding hydrogens is 287 g/mol. The average molecular weight is 308 g/mol. The van der Waals surface area contributed by atoms with E-state index in [2.05, 4.69) is 10.6 Å². The van der Waals surface area contributed by atoms with Crippen molar-refractivity contribution in [3.05, 3.63) is 35.6 Å². The number of amides is 2. The highest BCUT2D eigenvalue weighted by molar-refractivity contribution is 5.74. The van der Waals surface area contributed by atoms with E-state index in [1.165, 1.54) is 6.07 Å². The van der Waals surface area contributed by atoms with Gasteiger partial charge in [0.25, 0.3) is 0 Å². The van der Waals surface area contributed by atoms with Crippen LogP contribution in [0.5, 0.6) is 0 Å². The van der Waals surface area contributed by atoms with E-state index in [-0.39, 0.29) is 30.2 Å². The third-order valence-corrected chi connectivity index (χ3v) is 3.94. The molecule has 0 aromatic heterocycles. The maximum Gasteiger partial charge on any atom is 0.315 e. The van der Waals surface area contributed by atoms with Crippen molar-refractivity contribution in [2.24, 2.45) is 0 Å². The predicted molar refractivity (Wildman–Crippen MR) is 80.2 cm³/mol. The minimum atomic E-state index is -0.865. The Morgan fingerprint density at radius 3 is 2.86 bits per heavy atom. The monoisotopic (exact) mass is 308 g/mol. The minimum absolute atomic E-state index is 0.0470. The van der Waals surface area contributed by atoms with Crippen LogP contribution in [0.2, 0.25) is 0 Å². The summed E-state index contributed by atoms with van der Waals surface area (Å²) in [6.07, 6.45) is 3.05. The third kappa shape index (κ3) is 5.02. The fourth-order valence-corrected chi connectivity index (χ4v) is 2.85. The van der Waals surface area contributed by atoms with E-state index >= 15 is 0 Å². The van der Waals surface area contributed by atoms with Gasteiger partial charge in [-0.25, -0.2) is 9.18 Å². The molecule has 1 aliphatic carbocycles. The lowest BCUT2D eigenvalue weighted by Crippen LogP contribution is -2.41. The molecule has 22 heavy (non-hydrogen) atoms. The van der Waals surface area contributed by atoms with Crippen molar-refractivity contribution in [2.45, 2.75) is 44.1 Å². The van der Waals surface area contributed by atoms with Gasteiger partial charge in [-0.1, -0.05) is 12.1 Å². The second-order valence-corrected chi connectivity index (χ2v) is 5.66. The molecule has 1 aromatic carbocycles. The number of hydrogen-bond donors (Lipinski definition) is 3. The molecule has 0 aliphatic heterocycles. The highest BCUT2D eigenvalue weighted by atomic mass is 19.1. The van der Waals surface area contributed by atoms with Crippen molar-refractivity contribution in [3.63, 3.8) is 0 Å². The van der Waals surface area contributed by atoms with E-state index in [0.29, 0.717) is 13.0 Å². The van der Waals surface area contributed by atoms with E-state index in [4.69, 9.17) is 5.11 Å². The molecule has 0 heterocycles. The van der Waals surface area contributed by atoms with Gasteiger partial charge in [-0.15, -0.1) is 0 Å². The van der Waals surface area contributed by atoms with Crippen LogP contribution in [-0.2, 0) is 4.79 Å². The molecule has 5 nitrogen and oxygen atoms in total. The van der Waals surface area contributed by atoms with Crippen molar-refractivity contribution in [1.29, 1.82) is 0 Å². The molecule has 0 saturated heterocycles. The summed E-state index contributed by atoms with van der Waals surface area (Å²) in [5, 5.41) is 14.1. The number of hydrogen-bond acceptors (Lipinski definition) is 2. The van der Waals surface area contributed by atoms with Crippen LogP contribution in [0.25, 0.3) is 0 Å². The number of carboxylic acids is 1. The molecule has 0 radical (unpaired) electrons. The number of rotatable bonds is 6. The Labute approximate surface area is 128 Å². The Balaban J connectivity index is 1.72. The number of aliphatic carboxylic acids is 1. The maximum atomic E-state index is 13.2. The first-order chi connectivity index (χ1) is 10.5. The highest BCUT2D eigenvalue weighted by Gasteiger charge is 2.27. The van der Waals surface area contributed by atoms with Crippen molar-refractivity contribution >= 4 is 12.0 Å². The molecule has 1 aromatic rings.